The van der Waals surface area contributed by atoms with E-state index in [4.69, 9.17) is 0 Å². The van der Waals surface area contributed by atoms with E-state index in [1.54, 1.807) is 4.68 Å². The lowest BCUT2D eigenvalue weighted by Crippen LogP contribution is -2.36. The van der Waals surface area contributed by atoms with Gasteiger partial charge in [-0.25, -0.2) is 4.68 Å². The molecule has 4 aromatic rings. The van der Waals surface area contributed by atoms with Crippen molar-refractivity contribution in [1.29, 1.82) is 0 Å². The molecule has 0 saturated heterocycles. The van der Waals surface area contributed by atoms with Gasteiger partial charge in [-0.3, -0.25) is 9.59 Å². The molecule has 7 nitrogen and oxygen atoms in total. The van der Waals surface area contributed by atoms with Crippen molar-refractivity contribution in [2.75, 3.05) is 6.54 Å². The highest BCUT2D eigenvalue weighted by Crippen LogP contribution is 2.35. The molecule has 1 aromatic heterocycles. The summed E-state index contributed by atoms with van der Waals surface area (Å²) in [6.45, 7) is 7.21. The fourth-order valence-corrected chi connectivity index (χ4v) is 5.23. The van der Waals surface area contributed by atoms with Crippen LogP contribution < -0.4 is 0 Å². The number of rotatable bonds is 5. The molecule has 1 aliphatic heterocycles. The maximum absolute atomic E-state index is 13.3. The first kappa shape index (κ1) is 23.7. The number of nitrogens with zero attached hydrogens (tertiary/aromatic N) is 4. The van der Waals surface area contributed by atoms with Crippen LogP contribution in [0, 0.1) is 20.8 Å². The van der Waals surface area contributed by atoms with Gasteiger partial charge < -0.3 is 10.0 Å². The molecule has 0 aliphatic carbocycles. The van der Waals surface area contributed by atoms with Crippen molar-refractivity contribution in [3.8, 4) is 0 Å². The van der Waals surface area contributed by atoms with Gasteiger partial charge in [-0.2, -0.15) is 0 Å². The average molecular weight is 483 g/mol. The summed E-state index contributed by atoms with van der Waals surface area (Å²) in [5.41, 5.74) is 9.76. The van der Waals surface area contributed by atoms with Gasteiger partial charge in [0.15, 0.2) is 0 Å². The predicted molar refractivity (Wildman–Crippen MR) is 138 cm³/mol. The normalized spacial score (nSPS) is 14.1. The topological polar surface area (TPSA) is 88.3 Å². The molecule has 0 bridgehead atoms. The number of aryl methyl sites for hydroxylation is 4. The number of benzene rings is 3. The Kier molecular flexibility index (Phi) is 6.08. The number of aromatic nitrogens is 3. The largest absolute Gasteiger partial charge is 0.481 e. The zero-order chi connectivity index (χ0) is 25.6. The van der Waals surface area contributed by atoms with Gasteiger partial charge in [-0.1, -0.05) is 35.5 Å². The molecule has 1 amide bonds. The van der Waals surface area contributed by atoms with E-state index in [0.717, 1.165) is 45.3 Å². The van der Waals surface area contributed by atoms with Crippen molar-refractivity contribution in [3.05, 3.63) is 93.0 Å². The number of carboxylic acids is 1. The van der Waals surface area contributed by atoms with Crippen LogP contribution in [0.3, 0.4) is 0 Å². The molecule has 0 radical (unpaired) electrons. The summed E-state index contributed by atoms with van der Waals surface area (Å²) >= 11 is 0. The quantitative estimate of drug-likeness (QED) is 0.446. The van der Waals surface area contributed by atoms with Gasteiger partial charge in [0.25, 0.3) is 5.91 Å². The molecule has 1 N–H and O–H groups in total. The highest BCUT2D eigenvalue weighted by atomic mass is 16.4. The Balaban J connectivity index is 1.49. The summed E-state index contributed by atoms with van der Waals surface area (Å²) in [4.78, 5) is 27.0. The summed E-state index contributed by atoms with van der Waals surface area (Å²) in [6, 6.07) is 16.0. The number of hydrogen-bond donors (Lipinski definition) is 1. The van der Waals surface area contributed by atoms with Crippen molar-refractivity contribution in [2.24, 2.45) is 7.05 Å². The Morgan fingerprint density at radius 2 is 1.81 bits per heavy atom. The molecule has 7 heteroatoms. The van der Waals surface area contributed by atoms with Crippen LogP contribution in [0.15, 0.2) is 48.5 Å². The van der Waals surface area contributed by atoms with Crippen LogP contribution in [0.4, 0.5) is 0 Å². The van der Waals surface area contributed by atoms with E-state index in [0.29, 0.717) is 18.7 Å². The number of carbonyl (C=O) groups excluding carboxylic acids is 1. The molecule has 5 rings (SSSR count). The predicted octanol–water partition coefficient (Wildman–Crippen LogP) is 4.70. The van der Waals surface area contributed by atoms with E-state index < -0.39 is 5.97 Å². The molecule has 3 aromatic carbocycles. The van der Waals surface area contributed by atoms with Crippen LogP contribution in [-0.4, -0.2) is 43.4 Å². The molecule has 36 heavy (non-hydrogen) atoms. The second-order valence-corrected chi connectivity index (χ2v) is 9.81. The van der Waals surface area contributed by atoms with Crippen LogP contribution in [-0.2, 0) is 24.8 Å². The molecule has 1 atom stereocenters. The lowest BCUT2D eigenvalue weighted by atomic mass is 9.83. The van der Waals surface area contributed by atoms with E-state index in [1.807, 2.05) is 69.1 Å². The van der Waals surface area contributed by atoms with Crippen molar-refractivity contribution in [1.82, 2.24) is 19.9 Å². The van der Waals surface area contributed by atoms with Crippen molar-refractivity contribution >= 4 is 22.9 Å². The van der Waals surface area contributed by atoms with E-state index in [9.17, 15) is 14.7 Å². The number of amides is 1. The Bertz CT molecular complexity index is 1500. The molecule has 0 spiro atoms. The van der Waals surface area contributed by atoms with Crippen LogP contribution in [0.1, 0.15) is 61.6 Å². The van der Waals surface area contributed by atoms with E-state index in [-0.39, 0.29) is 18.2 Å². The van der Waals surface area contributed by atoms with Crippen LogP contribution in [0.5, 0.6) is 0 Å². The van der Waals surface area contributed by atoms with E-state index >= 15 is 0 Å². The molecule has 0 saturated carbocycles. The summed E-state index contributed by atoms with van der Waals surface area (Å²) in [6.07, 6.45) is 0.747. The van der Waals surface area contributed by atoms with Crippen molar-refractivity contribution in [2.45, 2.75) is 46.1 Å². The van der Waals surface area contributed by atoms with Crippen molar-refractivity contribution < 1.29 is 14.7 Å². The third-order valence-corrected chi connectivity index (χ3v) is 7.52. The van der Waals surface area contributed by atoms with Gasteiger partial charge in [-0.05, 0) is 84.3 Å². The second-order valence-electron chi connectivity index (χ2n) is 9.81. The Labute approximate surface area is 210 Å². The minimum atomic E-state index is -0.858. The number of carbonyl (C=O) groups is 2. The van der Waals surface area contributed by atoms with Crippen molar-refractivity contribution in [3.63, 3.8) is 0 Å². The number of carboxylic acid groups (broad SMARTS) is 1. The average Bonchev–Trinajstić information content (AvgIpc) is 3.25. The number of aliphatic carboxylic acids is 1. The summed E-state index contributed by atoms with van der Waals surface area (Å²) in [5, 5.41) is 18.2. The number of fused-ring (bicyclic) bond motifs is 2. The molecule has 0 fully saturated rings. The lowest BCUT2D eigenvalue weighted by Gasteiger charge is -2.30. The summed E-state index contributed by atoms with van der Waals surface area (Å²) in [5.74, 6) is -1.16. The van der Waals surface area contributed by atoms with Gasteiger partial charge in [-0.15, -0.1) is 5.10 Å². The highest BCUT2D eigenvalue weighted by Gasteiger charge is 2.26. The summed E-state index contributed by atoms with van der Waals surface area (Å²) < 4.78 is 1.72. The Morgan fingerprint density at radius 1 is 1.00 bits per heavy atom. The Hall–Kier alpha value is -4.00. The minimum Gasteiger partial charge on any atom is -0.481 e. The fraction of sp³-hybridized carbons (Fsp3) is 0.310. The maximum Gasteiger partial charge on any atom is 0.304 e. The van der Waals surface area contributed by atoms with Gasteiger partial charge in [0.1, 0.15) is 5.52 Å². The zero-order valence-electron chi connectivity index (χ0n) is 21.1. The number of hydrogen-bond acceptors (Lipinski definition) is 4. The van der Waals surface area contributed by atoms with Crippen LogP contribution in [0.2, 0.25) is 0 Å². The first-order valence-electron chi connectivity index (χ1n) is 12.2. The smallest absolute Gasteiger partial charge is 0.304 e. The Morgan fingerprint density at radius 3 is 2.56 bits per heavy atom. The minimum absolute atomic E-state index is 0.0280. The summed E-state index contributed by atoms with van der Waals surface area (Å²) in [7, 11) is 1.84. The molecule has 1 unspecified atom stereocenters. The second kappa shape index (κ2) is 9.22. The third-order valence-electron chi connectivity index (χ3n) is 7.52. The van der Waals surface area contributed by atoms with Gasteiger partial charge >= 0.3 is 5.97 Å². The third kappa shape index (κ3) is 4.26. The fourth-order valence-electron chi connectivity index (χ4n) is 5.23. The zero-order valence-corrected chi connectivity index (χ0v) is 21.1. The van der Waals surface area contributed by atoms with E-state index in [2.05, 4.69) is 22.4 Å². The van der Waals surface area contributed by atoms with Gasteiger partial charge in [0.05, 0.1) is 11.9 Å². The molecular weight excluding hydrogens is 452 g/mol. The molecule has 184 valence electrons. The maximum atomic E-state index is 13.3. The van der Waals surface area contributed by atoms with E-state index in [1.165, 1.54) is 11.1 Å². The van der Waals surface area contributed by atoms with Crippen LogP contribution in [0.25, 0.3) is 11.0 Å². The molecule has 2 heterocycles. The lowest BCUT2D eigenvalue weighted by molar-refractivity contribution is -0.137. The SMILES string of the molecule is Cc1ccc(C(=O)N2CCc3ccc(C(CC(=O)O)c4ccc5c(nnn5C)c4C)cc3C2)cc1C. The molecule has 1 aliphatic rings. The first-order valence-corrected chi connectivity index (χ1v) is 12.2. The van der Waals surface area contributed by atoms with Crippen LogP contribution >= 0.6 is 0 Å². The highest BCUT2D eigenvalue weighted by molar-refractivity contribution is 5.94. The van der Waals surface area contributed by atoms with Gasteiger partial charge in [0, 0.05) is 31.6 Å². The monoisotopic (exact) mass is 482 g/mol. The first-order chi connectivity index (χ1) is 17.2. The van der Waals surface area contributed by atoms with Gasteiger partial charge in [0.2, 0.25) is 0 Å². The standard InChI is InChI=1S/C29H30N4O3/c1-17-5-6-22(13-18(17)2)29(36)33-12-11-20-7-8-21(14-23(20)16-33)25(15-27(34)35)24-9-10-26-28(19(24)3)30-31-32(26)4/h5-10,13-14,25H,11-12,15-16H2,1-4H3,(H,34,35). The molecular formula is C29H30N4O3.